The van der Waals surface area contributed by atoms with Gasteiger partial charge in [0, 0.05) is 22.6 Å². The molecule has 1 aliphatic heterocycles. The minimum Gasteiger partial charge on any atom is -0.466 e. The zero-order valence-corrected chi connectivity index (χ0v) is 15.4. The van der Waals surface area contributed by atoms with E-state index >= 15 is 0 Å². The SMILES string of the molecule is COC(=O)C1=C(C)NC(=O)NC1c1cccc(Nc2cccc(C(N)=O)c2)c1. The fraction of sp³-hybridized carbons (Fsp3) is 0.150. The number of methoxy groups -OCH3 is 1. The zero-order chi connectivity index (χ0) is 20.3. The number of rotatable bonds is 5. The van der Waals surface area contributed by atoms with Crippen LogP contribution < -0.4 is 21.7 Å². The molecular weight excluding hydrogens is 360 g/mol. The lowest BCUT2D eigenvalue weighted by atomic mass is 9.95. The van der Waals surface area contributed by atoms with Crippen molar-refractivity contribution in [2.45, 2.75) is 13.0 Å². The molecule has 0 aromatic heterocycles. The van der Waals surface area contributed by atoms with Gasteiger partial charge in [0.15, 0.2) is 0 Å². The lowest BCUT2D eigenvalue weighted by molar-refractivity contribution is -0.136. The minimum atomic E-state index is -0.653. The molecule has 2 aromatic rings. The van der Waals surface area contributed by atoms with Crippen molar-refractivity contribution >= 4 is 29.3 Å². The number of urea groups is 1. The van der Waals surface area contributed by atoms with Crippen LogP contribution in [0.5, 0.6) is 0 Å². The van der Waals surface area contributed by atoms with Crippen molar-refractivity contribution in [3.05, 3.63) is 70.9 Å². The Morgan fingerprint density at radius 1 is 1.11 bits per heavy atom. The van der Waals surface area contributed by atoms with Crippen LogP contribution in [0.15, 0.2) is 59.8 Å². The third kappa shape index (κ3) is 3.96. The Morgan fingerprint density at radius 3 is 2.46 bits per heavy atom. The summed E-state index contributed by atoms with van der Waals surface area (Å²) in [5, 5.41) is 8.52. The molecule has 8 heteroatoms. The van der Waals surface area contributed by atoms with Gasteiger partial charge in [-0.15, -0.1) is 0 Å². The number of anilines is 2. The molecule has 1 aliphatic rings. The molecule has 0 saturated carbocycles. The van der Waals surface area contributed by atoms with Crippen molar-refractivity contribution in [2.24, 2.45) is 5.73 Å². The van der Waals surface area contributed by atoms with Gasteiger partial charge >= 0.3 is 12.0 Å². The van der Waals surface area contributed by atoms with Crippen LogP contribution in [-0.4, -0.2) is 25.0 Å². The summed E-state index contributed by atoms with van der Waals surface area (Å²) in [5.41, 5.74) is 8.57. The highest BCUT2D eigenvalue weighted by atomic mass is 16.5. The molecule has 0 fully saturated rings. The first-order chi connectivity index (χ1) is 13.4. The van der Waals surface area contributed by atoms with Crippen molar-refractivity contribution < 1.29 is 19.1 Å². The molecule has 1 heterocycles. The fourth-order valence-corrected chi connectivity index (χ4v) is 3.04. The van der Waals surface area contributed by atoms with E-state index in [4.69, 9.17) is 10.5 Å². The maximum Gasteiger partial charge on any atom is 0.337 e. The van der Waals surface area contributed by atoms with Crippen molar-refractivity contribution in [3.63, 3.8) is 0 Å². The second-order valence-electron chi connectivity index (χ2n) is 6.26. The molecule has 28 heavy (non-hydrogen) atoms. The molecule has 2 aromatic carbocycles. The number of hydrogen-bond acceptors (Lipinski definition) is 5. The van der Waals surface area contributed by atoms with Gasteiger partial charge in [0.25, 0.3) is 0 Å². The number of nitrogens with one attached hydrogen (secondary N) is 3. The van der Waals surface area contributed by atoms with Gasteiger partial charge < -0.3 is 26.4 Å². The number of ether oxygens (including phenoxy) is 1. The molecule has 0 bridgehead atoms. The summed E-state index contributed by atoms with van der Waals surface area (Å²) in [5.74, 6) is -1.04. The number of amides is 3. The van der Waals surface area contributed by atoms with Crippen molar-refractivity contribution in [3.8, 4) is 0 Å². The molecule has 0 saturated heterocycles. The number of primary amides is 1. The Kier molecular flexibility index (Phi) is 5.30. The average Bonchev–Trinajstić information content (AvgIpc) is 2.67. The van der Waals surface area contributed by atoms with E-state index in [0.29, 0.717) is 33.8 Å². The summed E-state index contributed by atoms with van der Waals surface area (Å²) in [6, 6.07) is 13.0. The maximum atomic E-state index is 12.2. The number of esters is 1. The van der Waals surface area contributed by atoms with Crippen LogP contribution in [0.1, 0.15) is 28.9 Å². The van der Waals surface area contributed by atoms with Crippen LogP contribution in [-0.2, 0) is 9.53 Å². The predicted molar refractivity (Wildman–Crippen MR) is 104 cm³/mol. The molecular formula is C20H20N4O4. The van der Waals surface area contributed by atoms with Crippen LogP contribution in [0.3, 0.4) is 0 Å². The summed E-state index contributed by atoms with van der Waals surface area (Å²) >= 11 is 0. The number of benzene rings is 2. The van der Waals surface area contributed by atoms with E-state index in [1.165, 1.54) is 7.11 Å². The molecule has 8 nitrogen and oxygen atoms in total. The lowest BCUT2D eigenvalue weighted by Crippen LogP contribution is -2.45. The number of hydrogen-bond donors (Lipinski definition) is 4. The summed E-state index contributed by atoms with van der Waals surface area (Å²) < 4.78 is 4.86. The molecule has 3 rings (SSSR count). The summed E-state index contributed by atoms with van der Waals surface area (Å²) in [7, 11) is 1.29. The molecule has 1 atom stereocenters. The second-order valence-corrected chi connectivity index (χ2v) is 6.26. The third-order valence-electron chi connectivity index (χ3n) is 4.33. The molecule has 0 radical (unpaired) electrons. The topological polar surface area (TPSA) is 123 Å². The van der Waals surface area contributed by atoms with Crippen molar-refractivity contribution in [2.75, 3.05) is 12.4 Å². The van der Waals surface area contributed by atoms with Crippen LogP contribution in [0.25, 0.3) is 0 Å². The molecule has 0 spiro atoms. The number of carbonyl (C=O) groups is 3. The van der Waals surface area contributed by atoms with E-state index in [-0.39, 0.29) is 0 Å². The second kappa shape index (κ2) is 7.83. The van der Waals surface area contributed by atoms with E-state index in [1.807, 2.05) is 12.1 Å². The Morgan fingerprint density at radius 2 is 1.79 bits per heavy atom. The van der Waals surface area contributed by atoms with E-state index in [9.17, 15) is 14.4 Å². The van der Waals surface area contributed by atoms with Crippen LogP contribution in [0.4, 0.5) is 16.2 Å². The third-order valence-corrected chi connectivity index (χ3v) is 4.33. The van der Waals surface area contributed by atoms with Crippen molar-refractivity contribution in [1.82, 2.24) is 10.6 Å². The zero-order valence-electron chi connectivity index (χ0n) is 15.4. The predicted octanol–water partition coefficient (Wildman–Crippen LogP) is 2.33. The fourth-order valence-electron chi connectivity index (χ4n) is 3.04. The van der Waals surface area contributed by atoms with Gasteiger partial charge in [-0.3, -0.25) is 4.79 Å². The Hall–Kier alpha value is -3.81. The Balaban J connectivity index is 1.93. The standard InChI is InChI=1S/C20H20N4O4/c1-11-16(19(26)28-2)17(24-20(27)22-11)12-5-3-7-14(9-12)23-15-8-4-6-13(10-15)18(21)25/h3-10,17,23H,1-2H3,(H2,21,25)(H2,22,24,27). The number of carbonyl (C=O) groups excluding carboxylic acids is 3. The van der Waals surface area contributed by atoms with Gasteiger partial charge in [-0.25, -0.2) is 9.59 Å². The minimum absolute atomic E-state index is 0.329. The first-order valence-corrected chi connectivity index (χ1v) is 8.52. The smallest absolute Gasteiger partial charge is 0.337 e. The quantitative estimate of drug-likeness (QED) is 0.593. The molecule has 144 valence electrons. The van der Waals surface area contributed by atoms with Crippen LogP contribution in [0.2, 0.25) is 0 Å². The highest BCUT2D eigenvalue weighted by Crippen LogP contribution is 2.29. The Labute approximate surface area is 161 Å². The molecule has 0 aliphatic carbocycles. The molecule has 3 amide bonds. The summed E-state index contributed by atoms with van der Waals surface area (Å²) in [6.45, 7) is 1.65. The van der Waals surface area contributed by atoms with E-state index in [1.54, 1.807) is 43.3 Å². The number of allylic oxidation sites excluding steroid dienone is 1. The highest BCUT2D eigenvalue weighted by molar-refractivity contribution is 5.95. The first-order valence-electron chi connectivity index (χ1n) is 8.52. The van der Waals surface area contributed by atoms with Crippen LogP contribution >= 0.6 is 0 Å². The van der Waals surface area contributed by atoms with Gasteiger partial charge in [0.2, 0.25) is 5.91 Å². The highest BCUT2D eigenvalue weighted by Gasteiger charge is 2.31. The largest absolute Gasteiger partial charge is 0.466 e. The van der Waals surface area contributed by atoms with E-state index in [0.717, 1.165) is 0 Å². The Bertz CT molecular complexity index is 984. The van der Waals surface area contributed by atoms with Gasteiger partial charge in [0.1, 0.15) is 0 Å². The van der Waals surface area contributed by atoms with Gasteiger partial charge in [-0.2, -0.15) is 0 Å². The lowest BCUT2D eigenvalue weighted by Gasteiger charge is -2.28. The van der Waals surface area contributed by atoms with E-state index in [2.05, 4.69) is 16.0 Å². The maximum absolute atomic E-state index is 12.2. The van der Waals surface area contributed by atoms with Crippen molar-refractivity contribution in [1.29, 1.82) is 0 Å². The van der Waals surface area contributed by atoms with E-state index < -0.39 is 23.9 Å². The summed E-state index contributed by atoms with van der Waals surface area (Å²) in [6.07, 6.45) is 0. The first kappa shape index (κ1) is 19.0. The average molecular weight is 380 g/mol. The monoisotopic (exact) mass is 380 g/mol. The normalized spacial score (nSPS) is 16.1. The van der Waals surface area contributed by atoms with Gasteiger partial charge in [-0.1, -0.05) is 18.2 Å². The van der Waals surface area contributed by atoms with Crippen LogP contribution in [0, 0.1) is 0 Å². The van der Waals surface area contributed by atoms with Gasteiger partial charge in [0.05, 0.1) is 18.7 Å². The molecule has 5 N–H and O–H groups in total. The van der Waals surface area contributed by atoms with Gasteiger partial charge in [-0.05, 0) is 42.8 Å². The molecule has 1 unspecified atom stereocenters. The summed E-state index contributed by atoms with van der Waals surface area (Å²) in [4.78, 5) is 35.5. The number of nitrogens with two attached hydrogens (primary N) is 1.